The van der Waals surface area contributed by atoms with Crippen LogP contribution in [0.15, 0.2) is 27.6 Å². The van der Waals surface area contributed by atoms with Crippen LogP contribution in [0, 0.1) is 0 Å². The summed E-state index contributed by atoms with van der Waals surface area (Å²) < 4.78 is 44.9. The third-order valence-corrected chi connectivity index (χ3v) is 4.76. The predicted molar refractivity (Wildman–Crippen MR) is 86.6 cm³/mol. The summed E-state index contributed by atoms with van der Waals surface area (Å²) in [5.74, 6) is 0. The zero-order chi connectivity index (χ0) is 17.4. The number of nitrogens with zero attached hydrogens (tertiary/aromatic N) is 1. The molecule has 128 valence electrons. The van der Waals surface area contributed by atoms with Crippen molar-refractivity contribution in [2.45, 2.75) is 42.7 Å². The molecule has 1 amide bonds. The van der Waals surface area contributed by atoms with Crippen LogP contribution < -0.4 is 0 Å². The number of hydrogen-bond donors (Lipinski definition) is 0. The molecule has 0 saturated carbocycles. The predicted octanol–water partition coefficient (Wildman–Crippen LogP) is 5.18. The lowest BCUT2D eigenvalue weighted by atomic mass is 10.2. The molecule has 0 N–H and O–H groups in total. The minimum absolute atomic E-state index is 0.0714. The van der Waals surface area contributed by atoms with Crippen molar-refractivity contribution in [3.05, 3.63) is 28.2 Å². The topological polar surface area (TPSA) is 29.5 Å². The molecular weight excluding hydrogens is 395 g/mol. The summed E-state index contributed by atoms with van der Waals surface area (Å²) in [6, 6.07) is 3.90. The van der Waals surface area contributed by atoms with E-state index in [1.54, 1.807) is 20.8 Å². The van der Waals surface area contributed by atoms with Crippen LogP contribution in [0.5, 0.6) is 0 Å². The summed E-state index contributed by atoms with van der Waals surface area (Å²) in [6.07, 6.45) is -4.82. The number of thioether (sulfide) groups is 1. The average molecular weight is 412 g/mol. The number of likely N-dealkylation sites (tertiary alicyclic amines) is 1. The minimum Gasteiger partial charge on any atom is -0.444 e. The van der Waals surface area contributed by atoms with Crippen LogP contribution in [-0.4, -0.2) is 34.9 Å². The molecular formula is C15H17BrF3NO2S. The van der Waals surface area contributed by atoms with Crippen molar-refractivity contribution in [2.75, 3.05) is 13.1 Å². The third-order valence-electron chi connectivity index (χ3n) is 3.04. The number of carbonyl (C=O) groups is 1. The highest BCUT2D eigenvalue weighted by molar-refractivity contribution is 9.10. The molecule has 0 unspecified atom stereocenters. The van der Waals surface area contributed by atoms with Crippen molar-refractivity contribution in [3.63, 3.8) is 0 Å². The fourth-order valence-corrected chi connectivity index (χ4v) is 3.88. The maximum atomic E-state index is 13.0. The van der Waals surface area contributed by atoms with Gasteiger partial charge in [0.15, 0.2) is 0 Å². The Kier molecular flexibility index (Phi) is 5.25. The maximum Gasteiger partial charge on any atom is 0.417 e. The molecule has 0 aliphatic carbocycles. The second-order valence-electron chi connectivity index (χ2n) is 6.26. The van der Waals surface area contributed by atoms with Gasteiger partial charge in [0.05, 0.1) is 5.56 Å². The summed E-state index contributed by atoms with van der Waals surface area (Å²) >= 11 is 4.33. The van der Waals surface area contributed by atoms with Crippen LogP contribution in [0.1, 0.15) is 26.3 Å². The molecule has 0 aromatic heterocycles. The van der Waals surface area contributed by atoms with Gasteiger partial charge in [-0.15, -0.1) is 11.8 Å². The maximum absolute atomic E-state index is 13.0. The van der Waals surface area contributed by atoms with Gasteiger partial charge in [0.2, 0.25) is 0 Å². The minimum atomic E-state index is -4.39. The molecule has 2 rings (SSSR count). The van der Waals surface area contributed by atoms with Gasteiger partial charge in [0.25, 0.3) is 0 Å². The second-order valence-corrected chi connectivity index (χ2v) is 8.52. The number of alkyl halides is 3. The fourth-order valence-electron chi connectivity index (χ4n) is 2.00. The van der Waals surface area contributed by atoms with Crippen LogP contribution in [0.2, 0.25) is 0 Å². The van der Waals surface area contributed by atoms with Crippen molar-refractivity contribution in [3.8, 4) is 0 Å². The van der Waals surface area contributed by atoms with E-state index in [2.05, 4.69) is 15.9 Å². The van der Waals surface area contributed by atoms with E-state index in [0.717, 1.165) is 17.8 Å². The Hall–Kier alpha value is -0.890. The van der Waals surface area contributed by atoms with Crippen molar-refractivity contribution < 1.29 is 22.7 Å². The van der Waals surface area contributed by atoms with Gasteiger partial charge in [-0.2, -0.15) is 13.2 Å². The first kappa shape index (κ1) is 18.4. The largest absolute Gasteiger partial charge is 0.444 e. The average Bonchev–Trinajstić information content (AvgIpc) is 2.29. The molecule has 1 aromatic rings. The Morgan fingerprint density at radius 2 is 1.91 bits per heavy atom. The molecule has 1 aliphatic rings. The van der Waals surface area contributed by atoms with Crippen molar-refractivity contribution >= 4 is 33.8 Å². The summed E-state index contributed by atoms with van der Waals surface area (Å²) in [7, 11) is 0. The zero-order valence-electron chi connectivity index (χ0n) is 12.9. The number of rotatable bonds is 2. The van der Waals surface area contributed by atoms with Gasteiger partial charge < -0.3 is 9.64 Å². The lowest BCUT2D eigenvalue weighted by Crippen LogP contribution is -2.53. The summed E-state index contributed by atoms with van der Waals surface area (Å²) in [4.78, 5) is 13.5. The molecule has 8 heteroatoms. The van der Waals surface area contributed by atoms with Crippen LogP contribution in [-0.2, 0) is 10.9 Å². The molecule has 1 saturated heterocycles. The molecule has 1 heterocycles. The number of carbonyl (C=O) groups excluding carboxylic acids is 1. The Morgan fingerprint density at radius 1 is 1.30 bits per heavy atom. The number of halogens is 4. The Labute approximate surface area is 145 Å². The van der Waals surface area contributed by atoms with Gasteiger partial charge in [-0.3, -0.25) is 0 Å². The van der Waals surface area contributed by atoms with Gasteiger partial charge in [-0.05, 0) is 39.0 Å². The lowest BCUT2D eigenvalue weighted by Gasteiger charge is -2.39. The van der Waals surface area contributed by atoms with Crippen molar-refractivity contribution in [1.82, 2.24) is 4.90 Å². The molecule has 1 aromatic carbocycles. The molecule has 0 atom stereocenters. The van der Waals surface area contributed by atoms with Crippen LogP contribution >= 0.6 is 27.7 Å². The van der Waals surface area contributed by atoms with Gasteiger partial charge in [0, 0.05) is 27.7 Å². The Balaban J connectivity index is 1.98. The number of ether oxygens (including phenoxy) is 1. The number of hydrogen-bond acceptors (Lipinski definition) is 3. The van der Waals surface area contributed by atoms with E-state index in [-0.39, 0.29) is 10.1 Å². The molecule has 0 bridgehead atoms. The molecule has 1 aliphatic heterocycles. The van der Waals surface area contributed by atoms with Gasteiger partial charge in [-0.25, -0.2) is 4.79 Å². The van der Waals surface area contributed by atoms with E-state index in [1.807, 2.05) is 0 Å². The molecule has 0 radical (unpaired) electrons. The Bertz CT molecular complexity index is 595. The monoisotopic (exact) mass is 411 g/mol. The van der Waals surface area contributed by atoms with Gasteiger partial charge in [-0.1, -0.05) is 15.9 Å². The zero-order valence-corrected chi connectivity index (χ0v) is 15.3. The standard InChI is InChI=1S/C15H17BrF3NO2S/c1-14(2,3)22-13(21)20-7-10(8-20)23-12-6-9(16)4-5-11(12)15(17,18)19/h4-6,10H,7-8H2,1-3H3. The van der Waals surface area contributed by atoms with Crippen LogP contribution in [0.25, 0.3) is 0 Å². The third kappa shape index (κ3) is 5.04. The first-order valence-electron chi connectivity index (χ1n) is 6.97. The van der Waals surface area contributed by atoms with Gasteiger partial charge >= 0.3 is 12.3 Å². The molecule has 3 nitrogen and oxygen atoms in total. The van der Waals surface area contributed by atoms with Crippen LogP contribution in [0.3, 0.4) is 0 Å². The van der Waals surface area contributed by atoms with E-state index in [0.29, 0.717) is 17.6 Å². The fraction of sp³-hybridized carbons (Fsp3) is 0.533. The highest BCUT2D eigenvalue weighted by atomic mass is 79.9. The lowest BCUT2D eigenvalue weighted by molar-refractivity contribution is -0.139. The highest BCUT2D eigenvalue weighted by Crippen LogP contribution is 2.41. The normalized spacial score (nSPS) is 16.2. The van der Waals surface area contributed by atoms with E-state index in [9.17, 15) is 18.0 Å². The molecule has 1 fully saturated rings. The van der Waals surface area contributed by atoms with Gasteiger partial charge in [0.1, 0.15) is 5.60 Å². The van der Waals surface area contributed by atoms with Crippen molar-refractivity contribution in [1.29, 1.82) is 0 Å². The second kappa shape index (κ2) is 6.55. The summed E-state index contributed by atoms with van der Waals surface area (Å²) in [5, 5.41) is -0.0714. The molecule has 0 spiro atoms. The number of amides is 1. The summed E-state index contributed by atoms with van der Waals surface area (Å²) in [6.45, 7) is 6.07. The first-order valence-corrected chi connectivity index (χ1v) is 8.64. The van der Waals surface area contributed by atoms with E-state index < -0.39 is 23.4 Å². The molecule has 23 heavy (non-hydrogen) atoms. The summed E-state index contributed by atoms with van der Waals surface area (Å²) in [5.41, 5.74) is -1.23. The van der Waals surface area contributed by atoms with E-state index in [4.69, 9.17) is 4.74 Å². The first-order chi connectivity index (χ1) is 10.5. The highest BCUT2D eigenvalue weighted by Gasteiger charge is 2.38. The Morgan fingerprint density at radius 3 is 2.43 bits per heavy atom. The van der Waals surface area contributed by atoms with Crippen molar-refractivity contribution in [2.24, 2.45) is 0 Å². The SMILES string of the molecule is CC(C)(C)OC(=O)N1CC(Sc2cc(Br)ccc2C(F)(F)F)C1. The van der Waals surface area contributed by atoms with Crippen LogP contribution in [0.4, 0.5) is 18.0 Å². The number of benzene rings is 1. The van der Waals surface area contributed by atoms with E-state index >= 15 is 0 Å². The van der Waals surface area contributed by atoms with E-state index in [1.165, 1.54) is 17.0 Å². The smallest absolute Gasteiger partial charge is 0.417 e. The quantitative estimate of drug-likeness (QED) is 0.671.